The number of aromatic nitrogens is 5. The van der Waals surface area contributed by atoms with E-state index in [9.17, 15) is 0 Å². The van der Waals surface area contributed by atoms with E-state index in [1.807, 2.05) is 49.4 Å². The van der Waals surface area contributed by atoms with Gasteiger partial charge in [-0.1, -0.05) is 36.4 Å². The highest BCUT2D eigenvalue weighted by Gasteiger charge is 2.06. The first kappa shape index (κ1) is 16.8. The second kappa shape index (κ2) is 7.70. The fourth-order valence-electron chi connectivity index (χ4n) is 2.68. The molecule has 0 unspecified atom stereocenters. The largest absolute Gasteiger partial charge is 0.325 e. The second-order valence-corrected chi connectivity index (χ2v) is 6.08. The summed E-state index contributed by atoms with van der Waals surface area (Å²) in [4.78, 5) is 22.3. The van der Waals surface area contributed by atoms with Crippen molar-refractivity contribution in [3.8, 4) is 11.5 Å². The third-order valence-electron chi connectivity index (χ3n) is 3.94. The highest BCUT2D eigenvalue weighted by molar-refractivity contribution is 5.56. The van der Waals surface area contributed by atoms with Crippen molar-refractivity contribution in [3.05, 3.63) is 90.1 Å². The maximum absolute atomic E-state index is 4.58. The highest BCUT2D eigenvalue weighted by atomic mass is 15.1. The van der Waals surface area contributed by atoms with Crippen LogP contribution in [0.4, 0.5) is 11.6 Å². The molecule has 4 rings (SSSR count). The molecule has 1 N–H and O–H groups in total. The molecular formula is C21H18N6. The minimum Gasteiger partial charge on any atom is -0.325 e. The molecule has 0 aliphatic rings. The SMILES string of the molecule is Cc1cccc(-c2nccc(Nc3ccnc(Cc4ccccc4)n3)n2)n1. The smallest absolute Gasteiger partial charge is 0.180 e. The van der Waals surface area contributed by atoms with Crippen molar-refractivity contribution in [1.29, 1.82) is 0 Å². The Morgan fingerprint density at radius 3 is 2.33 bits per heavy atom. The van der Waals surface area contributed by atoms with E-state index in [4.69, 9.17) is 0 Å². The van der Waals surface area contributed by atoms with Crippen molar-refractivity contribution in [2.45, 2.75) is 13.3 Å². The summed E-state index contributed by atoms with van der Waals surface area (Å²) in [7, 11) is 0. The lowest BCUT2D eigenvalue weighted by atomic mass is 10.1. The standard InChI is InChI=1S/C21H18N6/c1-15-6-5-9-17(24-15)21-23-13-11-19(27-21)25-18-10-12-22-20(26-18)14-16-7-3-2-4-8-16/h2-13H,14H2,1H3,(H,22,23,25,26,27). The van der Waals surface area contributed by atoms with Crippen LogP contribution in [0.25, 0.3) is 11.5 Å². The van der Waals surface area contributed by atoms with E-state index in [0.717, 1.165) is 17.2 Å². The lowest BCUT2D eigenvalue weighted by Crippen LogP contribution is -2.02. The summed E-state index contributed by atoms with van der Waals surface area (Å²) >= 11 is 0. The van der Waals surface area contributed by atoms with Crippen LogP contribution in [0.1, 0.15) is 17.1 Å². The molecule has 0 aliphatic carbocycles. The maximum Gasteiger partial charge on any atom is 0.180 e. The fourth-order valence-corrected chi connectivity index (χ4v) is 2.68. The summed E-state index contributed by atoms with van der Waals surface area (Å²) in [6.07, 6.45) is 4.14. The average molecular weight is 354 g/mol. The Labute approximate surface area is 157 Å². The number of pyridine rings is 1. The van der Waals surface area contributed by atoms with Crippen molar-refractivity contribution < 1.29 is 0 Å². The third-order valence-corrected chi connectivity index (χ3v) is 3.94. The molecule has 0 spiro atoms. The Balaban J connectivity index is 1.54. The predicted molar refractivity (Wildman–Crippen MR) is 105 cm³/mol. The van der Waals surface area contributed by atoms with Gasteiger partial charge in [-0.05, 0) is 36.8 Å². The summed E-state index contributed by atoms with van der Waals surface area (Å²) in [5.74, 6) is 2.67. The Bertz CT molecular complexity index is 1050. The normalized spacial score (nSPS) is 10.6. The minimum atomic E-state index is 0.572. The number of anilines is 2. The van der Waals surface area contributed by atoms with Crippen LogP contribution in [0.3, 0.4) is 0 Å². The van der Waals surface area contributed by atoms with Crippen LogP contribution in [0.5, 0.6) is 0 Å². The Morgan fingerprint density at radius 2 is 1.52 bits per heavy atom. The van der Waals surface area contributed by atoms with Gasteiger partial charge in [0.2, 0.25) is 0 Å². The van der Waals surface area contributed by atoms with Gasteiger partial charge in [0, 0.05) is 24.5 Å². The van der Waals surface area contributed by atoms with Gasteiger partial charge in [-0.2, -0.15) is 0 Å². The molecule has 0 radical (unpaired) electrons. The molecule has 3 heterocycles. The van der Waals surface area contributed by atoms with Crippen LogP contribution in [0.2, 0.25) is 0 Å². The van der Waals surface area contributed by atoms with E-state index in [1.54, 1.807) is 18.5 Å². The average Bonchev–Trinajstić information content (AvgIpc) is 2.69. The van der Waals surface area contributed by atoms with Crippen LogP contribution in [-0.2, 0) is 6.42 Å². The van der Waals surface area contributed by atoms with Gasteiger partial charge >= 0.3 is 0 Å². The summed E-state index contributed by atoms with van der Waals surface area (Å²) in [5.41, 5.74) is 2.84. The minimum absolute atomic E-state index is 0.572. The molecule has 6 nitrogen and oxygen atoms in total. The maximum atomic E-state index is 4.58. The van der Waals surface area contributed by atoms with Crippen LogP contribution in [0, 0.1) is 6.92 Å². The van der Waals surface area contributed by atoms with E-state index in [0.29, 0.717) is 23.9 Å². The highest BCUT2D eigenvalue weighted by Crippen LogP contribution is 2.17. The summed E-state index contributed by atoms with van der Waals surface area (Å²) in [6.45, 7) is 1.95. The van der Waals surface area contributed by atoms with Gasteiger partial charge < -0.3 is 5.32 Å². The van der Waals surface area contributed by atoms with E-state index in [-0.39, 0.29) is 0 Å². The van der Waals surface area contributed by atoms with Gasteiger partial charge in [-0.3, -0.25) is 0 Å². The molecule has 0 aliphatic heterocycles. The molecule has 27 heavy (non-hydrogen) atoms. The Morgan fingerprint density at radius 1 is 0.741 bits per heavy atom. The molecule has 0 bridgehead atoms. The zero-order chi connectivity index (χ0) is 18.5. The van der Waals surface area contributed by atoms with Gasteiger partial charge in [-0.15, -0.1) is 0 Å². The Hall–Kier alpha value is -3.67. The van der Waals surface area contributed by atoms with Gasteiger partial charge in [0.05, 0.1) is 0 Å². The lowest BCUT2D eigenvalue weighted by Gasteiger charge is -2.08. The zero-order valence-corrected chi connectivity index (χ0v) is 14.9. The number of aryl methyl sites for hydroxylation is 1. The van der Waals surface area contributed by atoms with Crippen molar-refractivity contribution in [1.82, 2.24) is 24.9 Å². The topological polar surface area (TPSA) is 76.5 Å². The molecule has 0 fully saturated rings. The van der Waals surface area contributed by atoms with E-state index >= 15 is 0 Å². The number of benzene rings is 1. The van der Waals surface area contributed by atoms with Crippen LogP contribution in [0.15, 0.2) is 73.1 Å². The van der Waals surface area contributed by atoms with Gasteiger partial charge in [0.25, 0.3) is 0 Å². The number of nitrogens with zero attached hydrogens (tertiary/aromatic N) is 5. The first-order valence-corrected chi connectivity index (χ1v) is 8.66. The summed E-state index contributed by atoms with van der Waals surface area (Å²) < 4.78 is 0. The van der Waals surface area contributed by atoms with E-state index in [2.05, 4.69) is 42.4 Å². The molecule has 4 aromatic rings. The molecule has 3 aromatic heterocycles. The van der Waals surface area contributed by atoms with Gasteiger partial charge in [0.15, 0.2) is 5.82 Å². The van der Waals surface area contributed by atoms with Crippen molar-refractivity contribution >= 4 is 11.6 Å². The van der Waals surface area contributed by atoms with Crippen molar-refractivity contribution in [2.24, 2.45) is 0 Å². The number of nitrogens with one attached hydrogen (secondary N) is 1. The predicted octanol–water partition coefficient (Wildman–Crippen LogP) is 3.97. The van der Waals surface area contributed by atoms with E-state index < -0.39 is 0 Å². The molecule has 132 valence electrons. The first-order chi connectivity index (χ1) is 13.3. The molecule has 0 amide bonds. The molecule has 0 saturated heterocycles. The number of rotatable bonds is 5. The van der Waals surface area contributed by atoms with Crippen LogP contribution < -0.4 is 5.32 Å². The quantitative estimate of drug-likeness (QED) is 0.584. The molecule has 1 aromatic carbocycles. The summed E-state index contributed by atoms with van der Waals surface area (Å²) in [6, 6.07) is 19.6. The number of hydrogen-bond donors (Lipinski definition) is 1. The monoisotopic (exact) mass is 354 g/mol. The van der Waals surface area contributed by atoms with Crippen molar-refractivity contribution in [2.75, 3.05) is 5.32 Å². The second-order valence-electron chi connectivity index (χ2n) is 6.08. The van der Waals surface area contributed by atoms with Gasteiger partial charge in [-0.25, -0.2) is 24.9 Å². The molecule has 0 saturated carbocycles. The lowest BCUT2D eigenvalue weighted by molar-refractivity contribution is 0.970. The first-order valence-electron chi connectivity index (χ1n) is 8.66. The molecule has 0 atom stereocenters. The third kappa shape index (κ3) is 4.30. The van der Waals surface area contributed by atoms with Crippen LogP contribution >= 0.6 is 0 Å². The fraction of sp³-hybridized carbons (Fsp3) is 0.0952. The number of hydrogen-bond acceptors (Lipinski definition) is 6. The van der Waals surface area contributed by atoms with Crippen LogP contribution in [-0.4, -0.2) is 24.9 Å². The molecular weight excluding hydrogens is 336 g/mol. The zero-order valence-electron chi connectivity index (χ0n) is 14.9. The molecule has 6 heteroatoms. The Kier molecular flexibility index (Phi) is 4.78. The van der Waals surface area contributed by atoms with Crippen molar-refractivity contribution in [3.63, 3.8) is 0 Å². The summed E-state index contributed by atoms with van der Waals surface area (Å²) in [5, 5.41) is 3.22. The van der Waals surface area contributed by atoms with Gasteiger partial charge in [0.1, 0.15) is 23.2 Å². The van der Waals surface area contributed by atoms with E-state index in [1.165, 1.54) is 5.56 Å².